The third-order valence-corrected chi connectivity index (χ3v) is 6.55. The van der Waals surface area contributed by atoms with E-state index < -0.39 is 0 Å². The van der Waals surface area contributed by atoms with Gasteiger partial charge in [0.1, 0.15) is 21.3 Å². The highest BCUT2D eigenvalue weighted by molar-refractivity contribution is 6.14. The summed E-state index contributed by atoms with van der Waals surface area (Å²) in [6.07, 6.45) is 24.2. The van der Waals surface area contributed by atoms with Gasteiger partial charge in [-0.1, -0.05) is 117 Å². The van der Waals surface area contributed by atoms with E-state index in [4.69, 9.17) is 14.5 Å². The quantitative estimate of drug-likeness (QED) is 0.0841. The molecule has 0 aliphatic rings. The molecule has 1 unspecified atom stereocenters. The van der Waals surface area contributed by atoms with E-state index in [0.29, 0.717) is 0 Å². The van der Waals surface area contributed by atoms with Gasteiger partial charge in [0.2, 0.25) is 0 Å². The predicted octanol–water partition coefficient (Wildman–Crippen LogP) is 5.27. The van der Waals surface area contributed by atoms with Crippen LogP contribution in [0.2, 0.25) is 5.04 Å². The number of unbranched alkanes of at least 4 members (excludes halogenated alkanes) is 15. The van der Waals surface area contributed by atoms with Crippen LogP contribution in [0.3, 0.4) is 0 Å². The number of hydrogen-bond acceptors (Lipinski definition) is 3. The predicted molar refractivity (Wildman–Crippen MR) is 134 cm³/mol. The summed E-state index contributed by atoms with van der Waals surface area (Å²) in [6, 6.07) is 0.138. The van der Waals surface area contributed by atoms with Crippen molar-refractivity contribution in [3.63, 3.8) is 0 Å². The Balaban J connectivity index is 0. The second kappa shape index (κ2) is 21.9. The van der Waals surface area contributed by atoms with E-state index in [1.807, 2.05) is 0 Å². The molecule has 0 aliphatic carbocycles. The van der Waals surface area contributed by atoms with Crippen LogP contribution in [0.15, 0.2) is 0 Å². The molecule has 0 bridgehead atoms. The number of hydrogen-bond donors (Lipinski definition) is 0. The summed E-state index contributed by atoms with van der Waals surface area (Å²) in [4.78, 5) is 16.6. The molecule has 0 saturated heterocycles. The van der Waals surface area contributed by atoms with Crippen LogP contribution in [0.25, 0.3) is 0 Å². The minimum Gasteiger partial charge on any atom is -1.00 e. The van der Waals surface area contributed by atoms with Gasteiger partial charge in [-0.15, -0.1) is 14.5 Å². The van der Waals surface area contributed by atoms with Crippen LogP contribution < -0.4 is 12.4 Å². The van der Waals surface area contributed by atoms with Gasteiger partial charge in [-0.3, -0.25) is 0 Å². The Morgan fingerprint density at radius 3 is 1.22 bits per heavy atom. The van der Waals surface area contributed by atoms with Crippen LogP contribution in [-0.2, 0) is 14.5 Å². The van der Waals surface area contributed by atoms with Crippen molar-refractivity contribution in [2.24, 2.45) is 0 Å². The Morgan fingerprint density at radius 2 is 0.938 bits per heavy atom. The molecule has 0 fully saturated rings. The van der Waals surface area contributed by atoms with E-state index in [-0.39, 0.29) is 28.5 Å². The van der Waals surface area contributed by atoms with Gasteiger partial charge >= 0.3 is 0 Å². The average molecular weight is 493 g/mol. The maximum Gasteiger partial charge on any atom is 0.188 e. The SMILES string of the molecule is CCCCCCCCCCCCCCCCCCC(CC(C)(C)[Si])[N+](OC)(OC)OC.[Cl-]. The van der Waals surface area contributed by atoms with Gasteiger partial charge in [-0.05, 0) is 11.5 Å². The largest absolute Gasteiger partial charge is 1.00 e. The van der Waals surface area contributed by atoms with Crippen LogP contribution in [-0.4, -0.2) is 42.6 Å². The zero-order valence-corrected chi connectivity index (χ0v) is 24.1. The van der Waals surface area contributed by atoms with Gasteiger partial charge in [0.25, 0.3) is 0 Å². The lowest BCUT2D eigenvalue weighted by atomic mass is 9.97. The summed E-state index contributed by atoms with van der Waals surface area (Å²) in [5, 5.41) is 0.0127. The first-order chi connectivity index (χ1) is 14.8. The maximum atomic E-state index is 5.60. The molecular weight excluding hydrogens is 438 g/mol. The second-order valence-corrected chi connectivity index (χ2v) is 11.3. The van der Waals surface area contributed by atoms with Crippen molar-refractivity contribution < 1.29 is 31.9 Å². The van der Waals surface area contributed by atoms with E-state index in [9.17, 15) is 0 Å². The van der Waals surface area contributed by atoms with Crippen molar-refractivity contribution in [3.8, 4) is 0 Å². The molecule has 3 radical (unpaired) electrons. The van der Waals surface area contributed by atoms with Crippen LogP contribution in [0.1, 0.15) is 136 Å². The highest BCUT2D eigenvalue weighted by Gasteiger charge is 2.43. The van der Waals surface area contributed by atoms with Gasteiger partial charge in [-0.2, -0.15) is 0 Å². The van der Waals surface area contributed by atoms with Crippen molar-refractivity contribution >= 4 is 10.2 Å². The van der Waals surface area contributed by atoms with E-state index in [1.165, 1.54) is 103 Å². The van der Waals surface area contributed by atoms with Gasteiger partial charge < -0.3 is 12.4 Å². The van der Waals surface area contributed by atoms with Crippen molar-refractivity contribution in [1.82, 2.24) is 0 Å². The zero-order valence-electron chi connectivity index (χ0n) is 22.4. The molecule has 0 aromatic heterocycles. The van der Waals surface area contributed by atoms with Crippen molar-refractivity contribution in [3.05, 3.63) is 0 Å². The molecule has 0 saturated carbocycles. The van der Waals surface area contributed by atoms with Crippen LogP contribution in [0.4, 0.5) is 0 Å². The van der Waals surface area contributed by atoms with E-state index in [1.54, 1.807) is 21.3 Å². The topological polar surface area (TPSA) is 27.7 Å². The molecule has 0 heterocycles. The highest BCUT2D eigenvalue weighted by atomic mass is 35.5. The highest BCUT2D eigenvalue weighted by Crippen LogP contribution is 2.34. The summed E-state index contributed by atoms with van der Waals surface area (Å²) in [6.45, 7) is 6.65. The molecule has 4 nitrogen and oxygen atoms in total. The summed E-state index contributed by atoms with van der Waals surface area (Å²) in [5.74, 6) is 0. The van der Waals surface area contributed by atoms with Gasteiger partial charge in [0.15, 0.2) is 6.04 Å². The monoisotopic (exact) mass is 492 g/mol. The van der Waals surface area contributed by atoms with Crippen LogP contribution >= 0.6 is 0 Å². The van der Waals surface area contributed by atoms with Crippen molar-refractivity contribution in [1.29, 1.82) is 0 Å². The maximum absolute atomic E-state index is 5.60. The van der Waals surface area contributed by atoms with Gasteiger partial charge in [0, 0.05) is 23.1 Å². The number of nitrogens with zero attached hydrogens (tertiary/aromatic N) is 1. The van der Waals surface area contributed by atoms with Crippen molar-refractivity contribution in [2.45, 2.75) is 147 Å². The number of rotatable bonds is 23. The number of halogens is 1. The second-order valence-electron chi connectivity index (χ2n) is 9.92. The smallest absolute Gasteiger partial charge is 0.188 e. The Bertz CT molecular complexity index is 381. The fourth-order valence-corrected chi connectivity index (χ4v) is 4.80. The molecule has 0 amide bonds. The lowest BCUT2D eigenvalue weighted by Crippen LogP contribution is -3.00. The first-order valence-electron chi connectivity index (χ1n) is 13.2. The minimum atomic E-state index is -0.202. The van der Waals surface area contributed by atoms with Crippen LogP contribution in [0.5, 0.6) is 0 Å². The zero-order chi connectivity index (χ0) is 23.4. The molecule has 6 heteroatoms. The first kappa shape index (κ1) is 34.5. The average Bonchev–Trinajstić information content (AvgIpc) is 2.73. The summed E-state index contributed by atoms with van der Waals surface area (Å²) in [5.41, 5.74) is 0. The number of quaternary nitrogens is 1. The van der Waals surface area contributed by atoms with E-state index in [0.717, 1.165) is 12.8 Å². The summed E-state index contributed by atoms with van der Waals surface area (Å²) in [7, 11) is 8.77. The van der Waals surface area contributed by atoms with E-state index in [2.05, 4.69) is 31.0 Å². The fraction of sp³-hybridized carbons (Fsp3) is 1.00. The molecule has 0 aromatic rings. The molecule has 0 spiro atoms. The normalized spacial score (nSPS) is 13.2. The fourth-order valence-electron chi connectivity index (χ4n) is 4.56. The Hall–Kier alpha value is 0.347. The first-order valence-corrected chi connectivity index (χ1v) is 13.7. The lowest BCUT2D eigenvalue weighted by molar-refractivity contribution is -1.37. The minimum absolute atomic E-state index is 0. The molecule has 32 heavy (non-hydrogen) atoms. The summed E-state index contributed by atoms with van der Waals surface area (Å²) < 4.78 is 0. The molecular formula is C26H55ClNO3Si. The third kappa shape index (κ3) is 17.8. The Kier molecular flexibility index (Phi) is 23.6. The molecule has 0 N–H and O–H groups in total. The van der Waals surface area contributed by atoms with Gasteiger partial charge in [-0.25, -0.2) is 0 Å². The van der Waals surface area contributed by atoms with Crippen LogP contribution in [0, 0.1) is 0 Å². The molecule has 0 rings (SSSR count). The summed E-state index contributed by atoms with van der Waals surface area (Å²) >= 11 is 0. The molecule has 0 aliphatic heterocycles. The Labute approximate surface area is 210 Å². The molecule has 0 aromatic carbocycles. The van der Waals surface area contributed by atoms with Crippen molar-refractivity contribution in [2.75, 3.05) is 21.3 Å². The Morgan fingerprint density at radius 1 is 0.625 bits per heavy atom. The van der Waals surface area contributed by atoms with Gasteiger partial charge in [0.05, 0.1) is 4.97 Å². The van der Waals surface area contributed by atoms with E-state index >= 15 is 0 Å². The standard InChI is InChI=1S/C26H55NO3Si.ClH/c1-7-8-9-10-11-12-13-14-15-16-17-18-19-20-21-22-23-25(24-26(2,3)31)27(28-4,29-5)30-6;/h25H,7-24H2,1-6H3;1H/q+1;/p-1. The molecule has 1 atom stereocenters. The number of hydroxylamine groups is 3. The molecule has 193 valence electrons. The third-order valence-electron chi connectivity index (χ3n) is 6.35. The lowest BCUT2D eigenvalue weighted by Gasteiger charge is -2.35.